The number of nitrogens with one attached hydrogen (secondary N) is 1. The first-order chi connectivity index (χ1) is 9.16. The fraction of sp³-hybridized carbons (Fsp3) is 0.0667. The third-order valence-corrected chi connectivity index (χ3v) is 3.51. The van der Waals surface area contributed by atoms with Crippen LogP contribution in [0.4, 0.5) is 4.39 Å². The summed E-state index contributed by atoms with van der Waals surface area (Å²) >= 11 is 5.99. The molecule has 0 saturated carbocycles. The van der Waals surface area contributed by atoms with Gasteiger partial charge in [0.05, 0.1) is 0 Å². The number of aromatic amines is 1. The van der Waals surface area contributed by atoms with E-state index in [1.807, 2.05) is 30.5 Å². The van der Waals surface area contributed by atoms with Gasteiger partial charge in [0.1, 0.15) is 11.9 Å². The van der Waals surface area contributed by atoms with Crippen molar-refractivity contribution in [1.82, 2.24) is 4.98 Å². The summed E-state index contributed by atoms with van der Waals surface area (Å²) in [5.74, 6) is -0.416. The standard InChI is InChI=1S/C15H11ClFNO/c16-13-8-9(17)4-5-12(13)15(19)11-2-1-3-14-10(11)6-7-18-14/h1-8,15,18-19H. The first kappa shape index (κ1) is 12.2. The molecule has 0 aliphatic heterocycles. The molecule has 0 aliphatic rings. The van der Waals surface area contributed by atoms with Crippen molar-refractivity contribution in [2.75, 3.05) is 0 Å². The number of halogens is 2. The van der Waals surface area contributed by atoms with Gasteiger partial charge in [-0.1, -0.05) is 29.8 Å². The van der Waals surface area contributed by atoms with Crippen LogP contribution in [0.2, 0.25) is 5.02 Å². The summed E-state index contributed by atoms with van der Waals surface area (Å²) in [7, 11) is 0. The van der Waals surface area contributed by atoms with Gasteiger partial charge in [-0.05, 0) is 29.8 Å². The smallest absolute Gasteiger partial charge is 0.124 e. The average Bonchev–Trinajstić information content (AvgIpc) is 2.86. The summed E-state index contributed by atoms with van der Waals surface area (Å²) in [6.07, 6.45) is 0.931. The number of hydrogen-bond acceptors (Lipinski definition) is 1. The summed E-state index contributed by atoms with van der Waals surface area (Å²) in [4.78, 5) is 3.09. The summed E-state index contributed by atoms with van der Waals surface area (Å²) in [5.41, 5.74) is 2.18. The average molecular weight is 276 g/mol. The van der Waals surface area contributed by atoms with Crippen LogP contribution in [0.25, 0.3) is 10.9 Å². The molecule has 0 bridgehead atoms. The number of H-pyrrole nitrogens is 1. The van der Waals surface area contributed by atoms with E-state index < -0.39 is 11.9 Å². The Bertz CT molecular complexity index is 738. The maximum Gasteiger partial charge on any atom is 0.124 e. The van der Waals surface area contributed by atoms with Crippen LogP contribution in [0, 0.1) is 5.82 Å². The number of hydrogen-bond donors (Lipinski definition) is 2. The lowest BCUT2D eigenvalue weighted by atomic mass is 9.98. The van der Waals surface area contributed by atoms with Crippen molar-refractivity contribution in [2.45, 2.75) is 6.10 Å². The molecule has 0 amide bonds. The Kier molecular flexibility index (Phi) is 3.01. The van der Waals surface area contributed by atoms with Crippen molar-refractivity contribution in [3.05, 3.63) is 70.6 Å². The molecule has 3 rings (SSSR count). The molecule has 2 aromatic carbocycles. The molecule has 2 N–H and O–H groups in total. The maximum atomic E-state index is 13.0. The van der Waals surface area contributed by atoms with Crippen LogP contribution in [0.5, 0.6) is 0 Å². The molecule has 1 unspecified atom stereocenters. The van der Waals surface area contributed by atoms with Gasteiger partial charge in [-0.2, -0.15) is 0 Å². The Morgan fingerprint density at radius 3 is 2.74 bits per heavy atom. The molecule has 4 heteroatoms. The van der Waals surface area contributed by atoms with E-state index in [1.54, 1.807) is 0 Å². The van der Waals surface area contributed by atoms with Crippen LogP contribution in [0.1, 0.15) is 17.2 Å². The van der Waals surface area contributed by atoms with Gasteiger partial charge in [-0.25, -0.2) is 4.39 Å². The van der Waals surface area contributed by atoms with Crippen molar-refractivity contribution in [3.63, 3.8) is 0 Å². The van der Waals surface area contributed by atoms with Crippen LogP contribution in [0.3, 0.4) is 0 Å². The largest absolute Gasteiger partial charge is 0.384 e. The summed E-state index contributed by atoms with van der Waals surface area (Å²) < 4.78 is 13.0. The van der Waals surface area contributed by atoms with E-state index in [0.29, 0.717) is 5.56 Å². The van der Waals surface area contributed by atoms with Crippen LogP contribution in [-0.2, 0) is 0 Å². The van der Waals surface area contributed by atoms with Crippen molar-refractivity contribution >= 4 is 22.5 Å². The fourth-order valence-electron chi connectivity index (χ4n) is 2.24. The van der Waals surface area contributed by atoms with Gasteiger partial charge in [0.15, 0.2) is 0 Å². The van der Waals surface area contributed by atoms with Crippen LogP contribution >= 0.6 is 11.6 Å². The molecule has 2 nitrogen and oxygen atoms in total. The normalized spacial score (nSPS) is 12.8. The van der Waals surface area contributed by atoms with Crippen molar-refractivity contribution < 1.29 is 9.50 Å². The van der Waals surface area contributed by atoms with Gasteiger partial charge >= 0.3 is 0 Å². The van der Waals surface area contributed by atoms with E-state index in [2.05, 4.69) is 4.98 Å². The molecule has 1 atom stereocenters. The van der Waals surface area contributed by atoms with Crippen LogP contribution < -0.4 is 0 Å². The molecule has 0 spiro atoms. The Labute approximate surface area is 114 Å². The Morgan fingerprint density at radius 1 is 1.11 bits per heavy atom. The minimum Gasteiger partial charge on any atom is -0.384 e. The van der Waals surface area contributed by atoms with E-state index >= 15 is 0 Å². The SMILES string of the molecule is OC(c1ccc(F)cc1Cl)c1cccc2[nH]ccc12. The molecule has 96 valence electrons. The van der Waals surface area contributed by atoms with Crippen molar-refractivity contribution in [1.29, 1.82) is 0 Å². The molecule has 0 aliphatic carbocycles. The Balaban J connectivity index is 2.13. The van der Waals surface area contributed by atoms with Gasteiger partial charge in [0.25, 0.3) is 0 Å². The van der Waals surface area contributed by atoms with E-state index in [9.17, 15) is 9.50 Å². The lowest BCUT2D eigenvalue weighted by Gasteiger charge is -2.14. The maximum absolute atomic E-state index is 13.0. The van der Waals surface area contributed by atoms with E-state index in [1.165, 1.54) is 18.2 Å². The molecule has 0 radical (unpaired) electrons. The molecular formula is C15H11ClFNO. The second-order valence-corrected chi connectivity index (χ2v) is 4.76. The molecule has 1 heterocycles. The number of benzene rings is 2. The number of aliphatic hydroxyl groups is 1. The Hall–Kier alpha value is -1.84. The lowest BCUT2D eigenvalue weighted by Crippen LogP contribution is -2.01. The van der Waals surface area contributed by atoms with Gasteiger partial charge in [-0.15, -0.1) is 0 Å². The first-order valence-corrected chi connectivity index (χ1v) is 6.23. The summed E-state index contributed by atoms with van der Waals surface area (Å²) in [6, 6.07) is 11.5. The van der Waals surface area contributed by atoms with E-state index in [-0.39, 0.29) is 5.02 Å². The molecule has 0 saturated heterocycles. The number of aliphatic hydroxyl groups excluding tert-OH is 1. The Morgan fingerprint density at radius 2 is 1.95 bits per heavy atom. The molecular weight excluding hydrogens is 265 g/mol. The third kappa shape index (κ3) is 2.11. The zero-order chi connectivity index (χ0) is 13.4. The first-order valence-electron chi connectivity index (χ1n) is 5.86. The predicted octanol–water partition coefficient (Wildman–Crippen LogP) is 4.04. The van der Waals surface area contributed by atoms with Gasteiger partial charge in [-0.3, -0.25) is 0 Å². The predicted molar refractivity (Wildman–Crippen MR) is 73.8 cm³/mol. The second-order valence-electron chi connectivity index (χ2n) is 4.35. The number of aromatic nitrogens is 1. The highest BCUT2D eigenvalue weighted by atomic mass is 35.5. The minimum atomic E-state index is -0.882. The van der Waals surface area contributed by atoms with Crippen molar-refractivity contribution in [2.24, 2.45) is 0 Å². The topological polar surface area (TPSA) is 36.0 Å². The highest BCUT2D eigenvalue weighted by molar-refractivity contribution is 6.31. The highest BCUT2D eigenvalue weighted by Crippen LogP contribution is 2.32. The zero-order valence-corrected chi connectivity index (χ0v) is 10.7. The second kappa shape index (κ2) is 4.68. The van der Waals surface area contributed by atoms with E-state index in [0.717, 1.165) is 16.5 Å². The third-order valence-electron chi connectivity index (χ3n) is 3.18. The monoisotopic (exact) mass is 275 g/mol. The zero-order valence-electron chi connectivity index (χ0n) is 9.90. The quantitative estimate of drug-likeness (QED) is 0.727. The summed E-state index contributed by atoms with van der Waals surface area (Å²) in [6.45, 7) is 0. The number of rotatable bonds is 2. The summed E-state index contributed by atoms with van der Waals surface area (Å²) in [5, 5.41) is 11.6. The van der Waals surface area contributed by atoms with Gasteiger partial charge in [0, 0.05) is 27.7 Å². The van der Waals surface area contributed by atoms with Gasteiger partial charge in [0.2, 0.25) is 0 Å². The molecule has 3 aromatic rings. The van der Waals surface area contributed by atoms with Crippen LogP contribution in [-0.4, -0.2) is 10.1 Å². The number of fused-ring (bicyclic) bond motifs is 1. The van der Waals surface area contributed by atoms with Gasteiger partial charge < -0.3 is 10.1 Å². The van der Waals surface area contributed by atoms with E-state index in [4.69, 9.17) is 11.6 Å². The van der Waals surface area contributed by atoms with Crippen molar-refractivity contribution in [3.8, 4) is 0 Å². The highest BCUT2D eigenvalue weighted by Gasteiger charge is 2.17. The minimum absolute atomic E-state index is 0.222. The lowest BCUT2D eigenvalue weighted by molar-refractivity contribution is 0.222. The molecule has 0 fully saturated rings. The molecule has 1 aromatic heterocycles. The fourth-order valence-corrected chi connectivity index (χ4v) is 2.51. The molecule has 19 heavy (non-hydrogen) atoms. The van der Waals surface area contributed by atoms with Crippen LogP contribution in [0.15, 0.2) is 48.7 Å².